The Morgan fingerprint density at radius 3 is 2.91 bits per heavy atom. The Balaban J connectivity index is 0.00000208. The third-order valence-corrected chi connectivity index (χ3v) is 4.30. The van der Waals surface area contributed by atoms with Gasteiger partial charge < -0.3 is 20.4 Å². The molecule has 1 aromatic heterocycles. The minimum atomic E-state index is -0.329. The van der Waals surface area contributed by atoms with E-state index in [1.165, 1.54) is 12.1 Å². The third kappa shape index (κ3) is 3.91. The fourth-order valence-corrected chi connectivity index (χ4v) is 2.97. The Kier molecular flexibility index (Phi) is 4.64. The molecule has 0 saturated heterocycles. The summed E-state index contributed by atoms with van der Waals surface area (Å²) in [6.45, 7) is 0.703. The van der Waals surface area contributed by atoms with Crippen LogP contribution in [0.15, 0.2) is 22.6 Å². The van der Waals surface area contributed by atoms with Gasteiger partial charge in [-0.2, -0.15) is 4.98 Å². The predicted molar refractivity (Wildman–Crippen MR) is 92.1 cm³/mol. The predicted octanol–water partition coefficient (Wildman–Crippen LogP) is 3.60. The summed E-state index contributed by atoms with van der Waals surface area (Å²) in [5.74, 6) is 0.174. The average Bonchev–Trinajstić information content (AvgIpc) is 2.95. The number of fused-ring (bicyclic) bond motifs is 1. The number of nitrogens with one attached hydrogen (secondary N) is 3. The van der Waals surface area contributed by atoms with Crippen LogP contribution >= 0.6 is 0 Å². The smallest absolute Gasteiger partial charge is 0.314 e. The molecule has 0 atom stereocenters. The maximum Gasteiger partial charge on any atom is 0.314 e. The second-order valence-electron chi connectivity index (χ2n) is 5.95. The van der Waals surface area contributed by atoms with Crippen LogP contribution in [0.3, 0.4) is 0 Å². The summed E-state index contributed by atoms with van der Waals surface area (Å²) in [5.41, 5.74) is 1.10. The molecule has 0 radical (unpaired) electrons. The molecule has 3 rings (SSSR count). The number of nitrogens with zero attached hydrogens (tertiary/aromatic N) is 1. The van der Waals surface area contributed by atoms with E-state index < -0.39 is 0 Å². The first-order valence-electron chi connectivity index (χ1n) is 7.92. The van der Waals surface area contributed by atoms with Crippen molar-refractivity contribution in [2.45, 2.75) is 31.7 Å². The zero-order chi connectivity index (χ0) is 16.2. The van der Waals surface area contributed by atoms with Crippen LogP contribution in [-0.2, 0) is 0 Å². The number of amides is 2. The highest BCUT2D eigenvalue weighted by Crippen LogP contribution is 2.27. The van der Waals surface area contributed by atoms with Gasteiger partial charge in [0.25, 0.3) is 6.01 Å². The summed E-state index contributed by atoms with van der Waals surface area (Å²) in [4.78, 5) is 15.5. The lowest BCUT2D eigenvalue weighted by atomic mass is 9.86. The lowest BCUT2D eigenvalue weighted by Crippen LogP contribution is -2.38. The molecule has 2 aromatic rings. The normalized spacial score (nSPS) is 21.1. The monoisotopic (exact) mass is 326 g/mol. The van der Waals surface area contributed by atoms with Crippen LogP contribution in [0, 0.1) is 11.7 Å². The molecule has 0 aliphatic heterocycles. The minimum Gasteiger partial charge on any atom is -0.423 e. The van der Waals surface area contributed by atoms with E-state index in [0.717, 1.165) is 25.7 Å². The van der Waals surface area contributed by atoms with E-state index in [4.69, 9.17) is 4.42 Å². The molecule has 1 aliphatic rings. The maximum absolute atomic E-state index is 13.2. The van der Waals surface area contributed by atoms with Crippen LogP contribution in [0.25, 0.3) is 11.1 Å². The van der Waals surface area contributed by atoms with Gasteiger partial charge in [0.05, 0.1) is 0 Å². The van der Waals surface area contributed by atoms with Crippen LogP contribution in [0.4, 0.5) is 15.2 Å². The summed E-state index contributed by atoms with van der Waals surface area (Å²) in [5, 5.41) is 8.69. The van der Waals surface area contributed by atoms with Crippen LogP contribution in [0.1, 0.15) is 30.0 Å². The van der Waals surface area contributed by atoms with E-state index in [2.05, 4.69) is 20.9 Å². The fourth-order valence-electron chi connectivity index (χ4n) is 2.97. The molecule has 7 heteroatoms. The number of anilines is 1. The van der Waals surface area contributed by atoms with Crippen molar-refractivity contribution in [2.75, 3.05) is 18.9 Å². The van der Waals surface area contributed by atoms with Crippen molar-refractivity contribution in [1.29, 1.82) is 0 Å². The largest absolute Gasteiger partial charge is 0.423 e. The summed E-state index contributed by atoms with van der Waals surface area (Å²) in [6.07, 6.45) is 4.06. The molecule has 6 nitrogen and oxygen atoms in total. The number of hydrogen-bond donors (Lipinski definition) is 3. The minimum absolute atomic E-state index is 0. The van der Waals surface area contributed by atoms with Crippen molar-refractivity contribution in [2.24, 2.45) is 5.92 Å². The summed E-state index contributed by atoms with van der Waals surface area (Å²) >= 11 is 0. The first-order valence-corrected chi connectivity index (χ1v) is 7.92. The number of hydrogen-bond acceptors (Lipinski definition) is 4. The van der Waals surface area contributed by atoms with Gasteiger partial charge in [0.15, 0.2) is 5.58 Å². The first-order chi connectivity index (χ1) is 11.1. The van der Waals surface area contributed by atoms with Gasteiger partial charge >= 0.3 is 6.03 Å². The Hall–Kier alpha value is -2.31. The van der Waals surface area contributed by atoms with E-state index in [-0.39, 0.29) is 16.1 Å². The van der Waals surface area contributed by atoms with Gasteiger partial charge in [-0.3, -0.25) is 0 Å². The highest BCUT2D eigenvalue weighted by Gasteiger charge is 2.22. The molecule has 1 heterocycles. The molecule has 1 fully saturated rings. The van der Waals surface area contributed by atoms with Crippen molar-refractivity contribution >= 4 is 23.1 Å². The topological polar surface area (TPSA) is 79.2 Å². The van der Waals surface area contributed by atoms with Crippen molar-refractivity contribution in [3.05, 3.63) is 24.0 Å². The van der Waals surface area contributed by atoms with Crippen LogP contribution in [0.5, 0.6) is 0 Å². The van der Waals surface area contributed by atoms with Crippen molar-refractivity contribution in [3.8, 4) is 0 Å². The second-order valence-corrected chi connectivity index (χ2v) is 5.95. The Morgan fingerprint density at radius 2 is 2.17 bits per heavy atom. The van der Waals surface area contributed by atoms with Gasteiger partial charge in [-0.15, -0.1) is 0 Å². The van der Waals surface area contributed by atoms with Crippen molar-refractivity contribution in [1.82, 2.24) is 15.6 Å². The van der Waals surface area contributed by atoms with Gasteiger partial charge in [0, 0.05) is 30.0 Å². The van der Waals surface area contributed by atoms with E-state index in [1.807, 2.05) is 0 Å². The standard InChI is InChI=1S/C16H21FN4O2.3H2/c1-18-15(22)19-9-10-2-5-12(6-3-10)20-16-21-13-7-4-11(17)8-14(13)23-16;;;/h4,7-8,10,12H,2-3,5-6,9H2,1H3,(H,20,21)(H2,18,19,22);3*1H. The Morgan fingerprint density at radius 1 is 1.39 bits per heavy atom. The number of urea groups is 1. The van der Waals surface area contributed by atoms with Gasteiger partial charge in [-0.05, 0) is 43.7 Å². The zero-order valence-electron chi connectivity index (χ0n) is 13.1. The fraction of sp³-hybridized carbons (Fsp3) is 0.500. The van der Waals surface area contributed by atoms with Crippen LogP contribution in [0.2, 0.25) is 0 Å². The summed E-state index contributed by atoms with van der Waals surface area (Å²) in [6, 6.07) is 4.93. The summed E-state index contributed by atoms with van der Waals surface area (Å²) in [7, 11) is 1.61. The lowest BCUT2D eigenvalue weighted by molar-refractivity contribution is 0.237. The number of benzene rings is 1. The lowest BCUT2D eigenvalue weighted by Gasteiger charge is -2.28. The van der Waals surface area contributed by atoms with Gasteiger partial charge in [-0.1, -0.05) is 0 Å². The highest BCUT2D eigenvalue weighted by atomic mass is 19.1. The molecule has 0 unspecified atom stereocenters. The average molecular weight is 326 g/mol. The molecule has 0 spiro atoms. The van der Waals surface area contributed by atoms with Gasteiger partial charge in [0.1, 0.15) is 11.3 Å². The Bertz CT molecular complexity index is 693. The molecule has 1 saturated carbocycles. The number of carbonyl (C=O) groups is 1. The van der Waals surface area contributed by atoms with Crippen molar-refractivity contribution in [3.63, 3.8) is 0 Å². The second kappa shape index (κ2) is 6.85. The highest BCUT2D eigenvalue weighted by molar-refractivity contribution is 5.74. The molecule has 1 aliphatic carbocycles. The van der Waals surface area contributed by atoms with Crippen molar-refractivity contribution < 1.29 is 17.9 Å². The van der Waals surface area contributed by atoms with E-state index in [1.54, 1.807) is 13.1 Å². The molecule has 0 bridgehead atoms. The molecule has 130 valence electrons. The van der Waals surface area contributed by atoms with Crippen LogP contribution in [-0.4, -0.2) is 30.6 Å². The number of aromatic nitrogens is 1. The van der Waals surface area contributed by atoms with E-state index in [9.17, 15) is 9.18 Å². The van der Waals surface area contributed by atoms with E-state index >= 15 is 0 Å². The number of carbonyl (C=O) groups excluding carboxylic acids is 1. The number of halogens is 1. The van der Waals surface area contributed by atoms with Crippen LogP contribution < -0.4 is 16.0 Å². The first kappa shape index (κ1) is 15.6. The molecule has 3 N–H and O–H groups in total. The zero-order valence-corrected chi connectivity index (χ0v) is 13.1. The SMILES string of the molecule is CNC(=O)NCC1CCC(Nc2nc3ccc(F)cc3o2)CC1.[HH].[HH].[HH]. The molecule has 23 heavy (non-hydrogen) atoms. The molecular formula is C16H27FN4O2. The maximum atomic E-state index is 13.2. The quantitative estimate of drug-likeness (QED) is 0.802. The molecule has 1 aromatic carbocycles. The summed E-state index contributed by atoms with van der Waals surface area (Å²) < 4.78 is 18.7. The number of oxazole rings is 1. The number of rotatable bonds is 4. The molecule has 2 amide bonds. The van der Waals surface area contributed by atoms with Gasteiger partial charge in [0.2, 0.25) is 0 Å². The van der Waals surface area contributed by atoms with Gasteiger partial charge in [-0.25, -0.2) is 9.18 Å². The van der Waals surface area contributed by atoms with E-state index in [0.29, 0.717) is 35.6 Å². The third-order valence-electron chi connectivity index (χ3n) is 4.30. The molecular weight excluding hydrogens is 299 g/mol. The Labute approximate surface area is 138 Å².